The second-order valence-electron chi connectivity index (χ2n) is 12.6. The molecule has 0 saturated heterocycles. The van der Waals surface area contributed by atoms with Gasteiger partial charge in [0.25, 0.3) is 0 Å². The maximum atomic E-state index is 6.55. The summed E-state index contributed by atoms with van der Waals surface area (Å²) in [7, 11) is 0. The predicted octanol–water partition coefficient (Wildman–Crippen LogP) is 10.4. The Hall–Kier alpha value is -3.52. The molecule has 2 heteroatoms. The van der Waals surface area contributed by atoms with Gasteiger partial charge in [-0.05, 0) is 145 Å². The van der Waals surface area contributed by atoms with E-state index in [9.17, 15) is 0 Å². The Morgan fingerprint density at radius 3 is 1.20 bits per heavy atom. The van der Waals surface area contributed by atoms with Crippen molar-refractivity contribution in [2.24, 2.45) is 11.8 Å². The molecule has 4 aromatic carbocycles. The van der Waals surface area contributed by atoms with Crippen molar-refractivity contribution in [3.05, 3.63) is 81.9 Å². The van der Waals surface area contributed by atoms with Crippen LogP contribution in [0.5, 0.6) is 11.5 Å². The van der Waals surface area contributed by atoms with Crippen molar-refractivity contribution in [3.63, 3.8) is 0 Å². The zero-order valence-electron chi connectivity index (χ0n) is 25.8. The Morgan fingerprint density at radius 1 is 0.500 bits per heavy atom. The normalized spacial score (nSPS) is 22.2. The van der Waals surface area contributed by atoms with Gasteiger partial charge in [-0.2, -0.15) is 0 Å². The number of fused-ring (bicyclic) bond motifs is 4. The first-order valence-electron chi connectivity index (χ1n) is 14.7. The Balaban J connectivity index is 1.76. The minimum atomic E-state index is 0.0944. The van der Waals surface area contributed by atoms with Crippen molar-refractivity contribution in [1.82, 2.24) is 0 Å². The van der Waals surface area contributed by atoms with Crippen LogP contribution in [0.4, 0.5) is 0 Å². The molecule has 0 spiro atoms. The molecule has 0 aromatic heterocycles. The van der Waals surface area contributed by atoms with E-state index in [4.69, 9.17) is 9.47 Å². The molecule has 0 N–H and O–H groups in total. The highest BCUT2D eigenvalue weighted by Crippen LogP contribution is 2.50. The topological polar surface area (TPSA) is 18.5 Å². The molecular formula is C38H42O2. The van der Waals surface area contributed by atoms with Crippen molar-refractivity contribution in [2.45, 2.75) is 81.4 Å². The molecule has 6 rings (SSSR count). The molecule has 0 radical (unpaired) electrons. The summed E-state index contributed by atoms with van der Waals surface area (Å²) < 4.78 is 13.1. The maximum Gasteiger partial charge on any atom is 0.128 e. The van der Waals surface area contributed by atoms with Gasteiger partial charge >= 0.3 is 0 Å². The van der Waals surface area contributed by atoms with E-state index in [1.165, 1.54) is 88.3 Å². The third-order valence-corrected chi connectivity index (χ3v) is 10.1. The smallest absolute Gasteiger partial charge is 0.128 e. The summed E-state index contributed by atoms with van der Waals surface area (Å²) in [6, 6.07) is 9.29. The van der Waals surface area contributed by atoms with Crippen LogP contribution in [0.3, 0.4) is 0 Å². The van der Waals surface area contributed by atoms with E-state index in [0.29, 0.717) is 0 Å². The standard InChI is InChI=1S/C38H42O2/c1-17-13-19(3)35(29-15-31-37(25(9)33(17)29)23(7)21(5)27(11)39-31)36-20(4)14-18(2)34-26(10)38-24(8)22(6)28(12)40-32(38)16-30(34)36/h13-16,21-22,27-28H,7-8H2,1-6,9-12H3. The van der Waals surface area contributed by atoms with Gasteiger partial charge in [0, 0.05) is 23.0 Å². The van der Waals surface area contributed by atoms with Gasteiger partial charge < -0.3 is 9.47 Å². The average Bonchev–Trinajstić information content (AvgIpc) is 2.86. The first kappa shape index (κ1) is 26.7. The fraction of sp³-hybridized carbons (Fsp3) is 0.368. The molecular weight excluding hydrogens is 488 g/mol. The molecule has 206 valence electrons. The van der Waals surface area contributed by atoms with E-state index in [1.807, 2.05) is 0 Å². The van der Waals surface area contributed by atoms with Crippen LogP contribution in [0.15, 0.2) is 37.4 Å². The summed E-state index contributed by atoms with van der Waals surface area (Å²) in [5.41, 5.74) is 14.9. The molecule has 4 unspecified atom stereocenters. The summed E-state index contributed by atoms with van der Waals surface area (Å²) in [4.78, 5) is 0. The molecule has 0 saturated carbocycles. The van der Waals surface area contributed by atoms with Crippen LogP contribution in [0.1, 0.15) is 72.2 Å². The zero-order chi connectivity index (χ0) is 28.9. The molecule has 0 fully saturated rings. The van der Waals surface area contributed by atoms with Crippen molar-refractivity contribution in [3.8, 4) is 22.6 Å². The summed E-state index contributed by atoms with van der Waals surface area (Å²) >= 11 is 0. The maximum absolute atomic E-state index is 6.55. The Kier molecular flexibility index (Phi) is 6.00. The highest BCUT2D eigenvalue weighted by atomic mass is 16.5. The first-order valence-corrected chi connectivity index (χ1v) is 14.7. The molecule has 2 aliphatic heterocycles. The Bertz CT molecular complexity index is 1670. The largest absolute Gasteiger partial charge is 0.489 e. The number of ether oxygens (including phenoxy) is 2. The van der Waals surface area contributed by atoms with Gasteiger partial charge in [-0.1, -0.05) is 39.1 Å². The number of hydrogen-bond acceptors (Lipinski definition) is 2. The molecule has 2 nitrogen and oxygen atoms in total. The lowest BCUT2D eigenvalue weighted by Crippen LogP contribution is -2.27. The minimum Gasteiger partial charge on any atom is -0.489 e. The van der Waals surface area contributed by atoms with Gasteiger partial charge in [-0.15, -0.1) is 0 Å². The molecule has 0 bridgehead atoms. The second-order valence-corrected chi connectivity index (χ2v) is 12.6. The van der Waals surface area contributed by atoms with Gasteiger partial charge in [0.1, 0.15) is 23.7 Å². The summed E-state index contributed by atoms with van der Waals surface area (Å²) in [6.07, 6.45) is 0.189. The van der Waals surface area contributed by atoms with Crippen LogP contribution in [-0.2, 0) is 0 Å². The van der Waals surface area contributed by atoms with Crippen molar-refractivity contribution in [1.29, 1.82) is 0 Å². The van der Waals surface area contributed by atoms with E-state index >= 15 is 0 Å². The van der Waals surface area contributed by atoms with E-state index in [2.05, 4.69) is 107 Å². The molecule has 40 heavy (non-hydrogen) atoms. The van der Waals surface area contributed by atoms with Crippen LogP contribution < -0.4 is 9.47 Å². The first-order chi connectivity index (χ1) is 18.8. The molecule has 2 heterocycles. The lowest BCUT2D eigenvalue weighted by Gasteiger charge is -2.34. The fourth-order valence-corrected chi connectivity index (χ4v) is 7.62. The Labute approximate surface area is 239 Å². The molecule has 0 aliphatic carbocycles. The second kappa shape index (κ2) is 8.99. The lowest BCUT2D eigenvalue weighted by molar-refractivity contribution is 0.177. The van der Waals surface area contributed by atoms with E-state index < -0.39 is 0 Å². The van der Waals surface area contributed by atoms with Gasteiger partial charge in [0.05, 0.1) is 0 Å². The van der Waals surface area contributed by atoms with Gasteiger partial charge in [-0.25, -0.2) is 0 Å². The molecule has 0 amide bonds. The third-order valence-electron chi connectivity index (χ3n) is 10.1. The van der Waals surface area contributed by atoms with Crippen LogP contribution in [0, 0.1) is 53.4 Å². The molecule has 4 aromatic rings. The zero-order valence-corrected chi connectivity index (χ0v) is 25.8. The molecule has 4 atom stereocenters. The van der Waals surface area contributed by atoms with Crippen LogP contribution in [0.25, 0.3) is 43.8 Å². The lowest BCUT2D eigenvalue weighted by atomic mass is 9.78. The fourth-order valence-electron chi connectivity index (χ4n) is 7.62. The van der Waals surface area contributed by atoms with Gasteiger partial charge in [0.15, 0.2) is 0 Å². The van der Waals surface area contributed by atoms with E-state index in [-0.39, 0.29) is 24.0 Å². The van der Waals surface area contributed by atoms with Crippen molar-refractivity contribution in [2.75, 3.05) is 0 Å². The van der Waals surface area contributed by atoms with Crippen molar-refractivity contribution < 1.29 is 9.47 Å². The van der Waals surface area contributed by atoms with Crippen LogP contribution in [0.2, 0.25) is 0 Å². The Morgan fingerprint density at radius 2 is 0.850 bits per heavy atom. The minimum absolute atomic E-state index is 0.0944. The SMILES string of the molecule is C=C1c2c(cc3c(-c4c(C)cc(C)c5c(C)c6c(cc45)OC(C)C(C)C6=C)c(C)cc(C)c3c2C)OC(C)C1C. The van der Waals surface area contributed by atoms with Gasteiger partial charge in [0.2, 0.25) is 0 Å². The van der Waals surface area contributed by atoms with Crippen LogP contribution >= 0.6 is 0 Å². The highest BCUT2D eigenvalue weighted by Gasteiger charge is 2.32. The highest BCUT2D eigenvalue weighted by molar-refractivity contribution is 6.13. The summed E-state index contributed by atoms with van der Waals surface area (Å²) in [5, 5.41) is 5.11. The van der Waals surface area contributed by atoms with Gasteiger partial charge in [-0.3, -0.25) is 0 Å². The predicted molar refractivity (Wildman–Crippen MR) is 172 cm³/mol. The van der Waals surface area contributed by atoms with Crippen LogP contribution in [-0.4, -0.2) is 12.2 Å². The number of hydrogen-bond donors (Lipinski definition) is 0. The molecule has 2 aliphatic rings. The number of aryl methyl sites for hydroxylation is 6. The van der Waals surface area contributed by atoms with E-state index in [1.54, 1.807) is 0 Å². The van der Waals surface area contributed by atoms with E-state index in [0.717, 1.165) is 11.5 Å². The average molecular weight is 531 g/mol. The summed E-state index contributed by atoms with van der Waals surface area (Å²) in [6.45, 7) is 31.2. The number of rotatable bonds is 1. The number of benzene rings is 4. The quantitative estimate of drug-likeness (QED) is 0.244. The third kappa shape index (κ3) is 3.54. The summed E-state index contributed by atoms with van der Waals surface area (Å²) in [5.74, 6) is 2.48. The monoisotopic (exact) mass is 530 g/mol. The van der Waals surface area contributed by atoms with Crippen molar-refractivity contribution >= 4 is 32.7 Å².